The standard InChI is InChI=1S/C7H13NO5S/c1-8(4-5-14(3,11)12)6(9)7(10)13-2/h4-5H2,1-3H3. The Balaban J connectivity index is 4.16. The van der Waals surface area contributed by atoms with Crippen LogP contribution in [0.1, 0.15) is 0 Å². The number of esters is 1. The minimum atomic E-state index is -3.13. The number of likely N-dealkylation sites (N-methyl/N-ethyl adjacent to an activating group) is 1. The smallest absolute Gasteiger partial charge is 0.396 e. The van der Waals surface area contributed by atoms with Gasteiger partial charge in [-0.3, -0.25) is 4.79 Å². The average molecular weight is 223 g/mol. The van der Waals surface area contributed by atoms with E-state index in [0.717, 1.165) is 18.3 Å². The molecule has 0 bridgehead atoms. The predicted molar refractivity (Wildman–Crippen MR) is 49.4 cm³/mol. The third kappa shape index (κ3) is 4.80. The highest BCUT2D eigenvalue weighted by molar-refractivity contribution is 7.90. The van der Waals surface area contributed by atoms with Gasteiger partial charge in [-0.1, -0.05) is 0 Å². The number of hydrogen-bond donors (Lipinski definition) is 0. The number of amides is 1. The topological polar surface area (TPSA) is 80.8 Å². The molecule has 0 heterocycles. The summed E-state index contributed by atoms with van der Waals surface area (Å²) in [4.78, 5) is 22.8. The van der Waals surface area contributed by atoms with E-state index in [0.29, 0.717) is 0 Å². The summed E-state index contributed by atoms with van der Waals surface area (Å²) >= 11 is 0. The van der Waals surface area contributed by atoms with E-state index in [1.807, 2.05) is 0 Å². The second-order valence-corrected chi connectivity index (χ2v) is 5.11. The fourth-order valence-electron chi connectivity index (χ4n) is 0.647. The van der Waals surface area contributed by atoms with E-state index in [-0.39, 0.29) is 12.3 Å². The maximum absolute atomic E-state index is 11.0. The van der Waals surface area contributed by atoms with Crippen LogP contribution in [-0.4, -0.2) is 57.9 Å². The summed E-state index contributed by atoms with van der Waals surface area (Å²) in [5.41, 5.74) is 0. The number of methoxy groups -OCH3 is 1. The van der Waals surface area contributed by atoms with Crippen molar-refractivity contribution in [3.05, 3.63) is 0 Å². The van der Waals surface area contributed by atoms with E-state index in [2.05, 4.69) is 4.74 Å². The Morgan fingerprint density at radius 3 is 2.21 bits per heavy atom. The van der Waals surface area contributed by atoms with Crippen molar-refractivity contribution in [1.29, 1.82) is 0 Å². The lowest BCUT2D eigenvalue weighted by atomic mass is 10.5. The molecule has 0 aliphatic carbocycles. The summed E-state index contributed by atoms with van der Waals surface area (Å²) in [6, 6.07) is 0. The van der Waals surface area contributed by atoms with E-state index in [1.165, 1.54) is 7.05 Å². The van der Waals surface area contributed by atoms with Crippen LogP contribution >= 0.6 is 0 Å². The van der Waals surface area contributed by atoms with Gasteiger partial charge >= 0.3 is 11.9 Å². The number of nitrogens with zero attached hydrogens (tertiary/aromatic N) is 1. The lowest BCUT2D eigenvalue weighted by molar-refractivity contribution is -0.157. The quantitative estimate of drug-likeness (QED) is 0.437. The summed E-state index contributed by atoms with van der Waals surface area (Å²) in [6.07, 6.45) is 1.06. The first-order chi connectivity index (χ1) is 6.28. The number of carbonyl (C=O) groups excluding carboxylic acids is 2. The van der Waals surface area contributed by atoms with Crippen LogP contribution in [0.25, 0.3) is 0 Å². The zero-order chi connectivity index (χ0) is 11.4. The highest BCUT2D eigenvalue weighted by Crippen LogP contribution is 1.90. The number of hydrogen-bond acceptors (Lipinski definition) is 5. The third-order valence-corrected chi connectivity index (χ3v) is 2.43. The van der Waals surface area contributed by atoms with Gasteiger partial charge in [0.05, 0.1) is 12.9 Å². The molecule has 0 saturated heterocycles. The van der Waals surface area contributed by atoms with Gasteiger partial charge in [-0.15, -0.1) is 0 Å². The number of carbonyl (C=O) groups is 2. The van der Waals surface area contributed by atoms with Crippen molar-refractivity contribution in [2.24, 2.45) is 0 Å². The highest BCUT2D eigenvalue weighted by Gasteiger charge is 2.19. The molecule has 0 N–H and O–H groups in total. The van der Waals surface area contributed by atoms with Gasteiger partial charge in [0, 0.05) is 19.8 Å². The molecule has 0 fully saturated rings. The average Bonchev–Trinajstić information content (AvgIpc) is 2.10. The Kier molecular flexibility index (Phi) is 4.55. The molecule has 0 rings (SSSR count). The van der Waals surface area contributed by atoms with Crippen molar-refractivity contribution in [3.63, 3.8) is 0 Å². The van der Waals surface area contributed by atoms with Crippen molar-refractivity contribution >= 4 is 21.7 Å². The molecule has 0 aliphatic heterocycles. The Hall–Kier alpha value is -1.11. The molecule has 0 unspecified atom stereocenters. The molecular weight excluding hydrogens is 210 g/mol. The normalized spacial score (nSPS) is 10.8. The van der Waals surface area contributed by atoms with Crippen LogP contribution in [0.5, 0.6) is 0 Å². The minimum absolute atomic E-state index is 0.0211. The van der Waals surface area contributed by atoms with Crippen molar-refractivity contribution in [2.45, 2.75) is 0 Å². The summed E-state index contributed by atoms with van der Waals surface area (Å²) in [5, 5.41) is 0. The van der Waals surface area contributed by atoms with Crippen LogP contribution in [0.3, 0.4) is 0 Å². The molecule has 1 amide bonds. The molecular formula is C7H13NO5S. The van der Waals surface area contributed by atoms with Gasteiger partial charge in [0.15, 0.2) is 0 Å². The van der Waals surface area contributed by atoms with Crippen LogP contribution in [-0.2, 0) is 24.2 Å². The van der Waals surface area contributed by atoms with Crippen LogP contribution in [0.4, 0.5) is 0 Å². The first-order valence-corrected chi connectivity index (χ1v) is 5.85. The number of sulfone groups is 1. The van der Waals surface area contributed by atoms with E-state index in [4.69, 9.17) is 0 Å². The lowest BCUT2D eigenvalue weighted by Crippen LogP contribution is -2.36. The Morgan fingerprint density at radius 1 is 1.36 bits per heavy atom. The molecule has 82 valence electrons. The first kappa shape index (κ1) is 12.9. The van der Waals surface area contributed by atoms with Crippen molar-refractivity contribution in [1.82, 2.24) is 4.90 Å². The van der Waals surface area contributed by atoms with Gasteiger partial charge in [-0.05, 0) is 0 Å². The summed E-state index contributed by atoms with van der Waals surface area (Å²) < 4.78 is 25.7. The number of rotatable bonds is 3. The Labute approximate surface area is 82.8 Å². The Bertz CT molecular complexity index is 321. The van der Waals surface area contributed by atoms with Crippen LogP contribution < -0.4 is 0 Å². The van der Waals surface area contributed by atoms with E-state index < -0.39 is 21.7 Å². The van der Waals surface area contributed by atoms with Gasteiger partial charge in [-0.25, -0.2) is 13.2 Å². The third-order valence-electron chi connectivity index (χ3n) is 1.50. The van der Waals surface area contributed by atoms with E-state index >= 15 is 0 Å². The molecule has 0 atom stereocenters. The molecule has 0 radical (unpaired) electrons. The summed E-state index contributed by atoms with van der Waals surface area (Å²) in [6.45, 7) is -0.0211. The van der Waals surface area contributed by atoms with Gasteiger partial charge < -0.3 is 9.64 Å². The lowest BCUT2D eigenvalue weighted by Gasteiger charge is -2.14. The molecule has 0 saturated carbocycles. The molecule has 0 aromatic rings. The van der Waals surface area contributed by atoms with Crippen molar-refractivity contribution in [2.75, 3.05) is 32.7 Å². The molecule has 0 spiro atoms. The van der Waals surface area contributed by atoms with Gasteiger partial charge in [-0.2, -0.15) is 0 Å². The summed E-state index contributed by atoms with van der Waals surface area (Å²) in [5.74, 6) is -2.02. The zero-order valence-corrected chi connectivity index (χ0v) is 9.13. The van der Waals surface area contributed by atoms with Crippen molar-refractivity contribution < 1.29 is 22.7 Å². The highest BCUT2D eigenvalue weighted by atomic mass is 32.2. The monoisotopic (exact) mass is 223 g/mol. The Morgan fingerprint density at radius 2 is 1.86 bits per heavy atom. The second kappa shape index (κ2) is 4.94. The maximum Gasteiger partial charge on any atom is 0.396 e. The molecule has 6 nitrogen and oxygen atoms in total. The molecule has 0 aromatic heterocycles. The molecule has 7 heteroatoms. The first-order valence-electron chi connectivity index (χ1n) is 3.79. The SMILES string of the molecule is COC(=O)C(=O)N(C)CCS(C)(=O)=O. The fraction of sp³-hybridized carbons (Fsp3) is 0.714. The van der Waals surface area contributed by atoms with Crippen LogP contribution in [0, 0.1) is 0 Å². The molecule has 0 aliphatic rings. The number of ether oxygens (including phenoxy) is 1. The van der Waals surface area contributed by atoms with Crippen molar-refractivity contribution in [3.8, 4) is 0 Å². The van der Waals surface area contributed by atoms with E-state index in [9.17, 15) is 18.0 Å². The zero-order valence-electron chi connectivity index (χ0n) is 8.31. The second-order valence-electron chi connectivity index (χ2n) is 2.85. The summed E-state index contributed by atoms with van der Waals surface area (Å²) in [7, 11) is -0.705. The van der Waals surface area contributed by atoms with Crippen LogP contribution in [0.2, 0.25) is 0 Å². The maximum atomic E-state index is 11.0. The van der Waals surface area contributed by atoms with Gasteiger partial charge in [0.2, 0.25) is 0 Å². The van der Waals surface area contributed by atoms with E-state index in [1.54, 1.807) is 0 Å². The van der Waals surface area contributed by atoms with Gasteiger partial charge in [0.1, 0.15) is 9.84 Å². The van der Waals surface area contributed by atoms with Crippen LogP contribution in [0.15, 0.2) is 0 Å². The minimum Gasteiger partial charge on any atom is -0.462 e. The molecule has 0 aromatic carbocycles. The predicted octanol–water partition coefficient (Wildman–Crippen LogP) is -1.34. The fourth-order valence-corrected chi connectivity index (χ4v) is 1.25. The largest absolute Gasteiger partial charge is 0.462 e. The van der Waals surface area contributed by atoms with Gasteiger partial charge in [0.25, 0.3) is 0 Å². The molecule has 14 heavy (non-hydrogen) atoms.